The maximum absolute atomic E-state index is 12.3. The van der Waals surface area contributed by atoms with Gasteiger partial charge in [0.25, 0.3) is 5.56 Å². The maximum Gasteiger partial charge on any atom is 0.266 e. The molecule has 1 aliphatic heterocycles. The number of rotatable bonds is 4. The fourth-order valence-corrected chi connectivity index (χ4v) is 3.86. The number of hydrogen-bond acceptors (Lipinski definition) is 7. The van der Waals surface area contributed by atoms with Gasteiger partial charge < -0.3 is 4.90 Å². The van der Waals surface area contributed by atoms with Crippen LogP contribution in [0.15, 0.2) is 48.0 Å². The number of fused-ring (bicyclic) bond motifs is 1. The molecular weight excluding hydrogens is 370 g/mol. The minimum Gasteiger partial charge on any atom is -0.355 e. The van der Waals surface area contributed by atoms with E-state index < -0.39 is 0 Å². The zero-order valence-electron chi connectivity index (χ0n) is 16.1. The van der Waals surface area contributed by atoms with Crippen LogP contribution in [0.4, 0.5) is 5.82 Å². The van der Waals surface area contributed by atoms with Gasteiger partial charge in [-0.05, 0) is 37.8 Å². The van der Waals surface area contributed by atoms with Crippen molar-refractivity contribution < 1.29 is 0 Å². The van der Waals surface area contributed by atoms with E-state index in [9.17, 15) is 4.79 Å². The van der Waals surface area contributed by atoms with Crippen LogP contribution in [0.25, 0.3) is 11.3 Å². The summed E-state index contributed by atoms with van der Waals surface area (Å²) in [5.41, 5.74) is 1.91. The lowest BCUT2D eigenvalue weighted by molar-refractivity contribution is 0.334. The molecule has 29 heavy (non-hydrogen) atoms. The predicted molar refractivity (Wildman–Crippen MR) is 106 cm³/mol. The Kier molecular flexibility index (Phi) is 4.30. The van der Waals surface area contributed by atoms with E-state index >= 15 is 0 Å². The van der Waals surface area contributed by atoms with Crippen LogP contribution in [-0.4, -0.2) is 52.2 Å². The molecule has 0 atom stereocenters. The first-order valence-electron chi connectivity index (χ1n) is 9.66. The third-order valence-electron chi connectivity index (χ3n) is 5.34. The Labute approximate surface area is 166 Å². The molecule has 4 aromatic rings. The normalized spacial score (nSPS) is 15.3. The fraction of sp³-hybridized carbons (Fsp3) is 0.368. The summed E-state index contributed by atoms with van der Waals surface area (Å²) in [6.07, 6.45) is 8.62. The third kappa shape index (κ3) is 3.37. The van der Waals surface area contributed by atoms with Crippen LogP contribution in [0.1, 0.15) is 18.5 Å². The standard InChI is InChI=1S/C19H21N9O/c1-14-10-16-19(21-6-9-26(16)23-14)25-7-4-15(5-8-25)11-27-18(29)3-2-17(24-27)28-13-20-12-22-28/h2-3,6,9-10,12-13,15H,4-5,7-8,11H2,1H3. The Bertz CT molecular complexity index is 1190. The quantitative estimate of drug-likeness (QED) is 0.513. The van der Waals surface area contributed by atoms with Gasteiger partial charge in [-0.3, -0.25) is 4.79 Å². The summed E-state index contributed by atoms with van der Waals surface area (Å²) in [6, 6.07) is 5.26. The molecule has 1 saturated heterocycles. The summed E-state index contributed by atoms with van der Waals surface area (Å²) in [6.45, 7) is 4.36. The topological polar surface area (TPSA) is 99.0 Å². The van der Waals surface area contributed by atoms with Crippen LogP contribution in [-0.2, 0) is 6.54 Å². The van der Waals surface area contributed by atoms with E-state index in [-0.39, 0.29) is 5.56 Å². The van der Waals surface area contributed by atoms with Gasteiger partial charge in [0.2, 0.25) is 0 Å². The molecule has 10 heteroatoms. The fourth-order valence-electron chi connectivity index (χ4n) is 3.86. The SMILES string of the molecule is Cc1cc2c(N3CCC(Cn4nc(-n5cncn5)ccc4=O)CC3)nccn2n1. The van der Waals surface area contributed by atoms with Crippen molar-refractivity contribution in [1.29, 1.82) is 0 Å². The molecule has 0 radical (unpaired) electrons. The van der Waals surface area contributed by atoms with Crippen LogP contribution >= 0.6 is 0 Å². The lowest BCUT2D eigenvalue weighted by Gasteiger charge is -2.33. The average molecular weight is 391 g/mol. The Hall–Kier alpha value is -3.56. The Morgan fingerprint density at radius 1 is 1.17 bits per heavy atom. The van der Waals surface area contributed by atoms with Gasteiger partial charge in [0.1, 0.15) is 18.2 Å². The van der Waals surface area contributed by atoms with Gasteiger partial charge in [-0.15, -0.1) is 5.10 Å². The highest BCUT2D eigenvalue weighted by molar-refractivity contribution is 5.69. The van der Waals surface area contributed by atoms with E-state index in [1.165, 1.54) is 17.1 Å². The Morgan fingerprint density at radius 3 is 2.83 bits per heavy atom. The highest BCUT2D eigenvalue weighted by Gasteiger charge is 2.23. The maximum atomic E-state index is 12.3. The lowest BCUT2D eigenvalue weighted by atomic mass is 9.97. The van der Waals surface area contributed by atoms with E-state index in [0.29, 0.717) is 18.3 Å². The molecule has 1 fully saturated rings. The minimum absolute atomic E-state index is 0.0996. The first kappa shape index (κ1) is 17.5. The summed E-state index contributed by atoms with van der Waals surface area (Å²) in [5.74, 6) is 1.94. The molecule has 0 unspecified atom stereocenters. The van der Waals surface area contributed by atoms with Gasteiger partial charge in [-0.2, -0.15) is 10.2 Å². The summed E-state index contributed by atoms with van der Waals surface area (Å²) < 4.78 is 4.97. The Morgan fingerprint density at radius 2 is 2.03 bits per heavy atom. The van der Waals surface area contributed by atoms with E-state index in [1.807, 2.05) is 17.6 Å². The number of aromatic nitrogens is 8. The molecule has 4 aromatic heterocycles. The highest BCUT2D eigenvalue weighted by Crippen LogP contribution is 2.26. The Balaban J connectivity index is 1.30. The van der Waals surface area contributed by atoms with Crippen LogP contribution in [0.5, 0.6) is 0 Å². The molecule has 0 bridgehead atoms. The molecule has 148 valence electrons. The van der Waals surface area contributed by atoms with Gasteiger partial charge in [0, 0.05) is 38.1 Å². The van der Waals surface area contributed by atoms with Gasteiger partial charge in [-0.25, -0.2) is 23.8 Å². The molecule has 0 aromatic carbocycles. The zero-order valence-corrected chi connectivity index (χ0v) is 16.1. The van der Waals surface area contributed by atoms with Crippen molar-refractivity contribution in [3.05, 3.63) is 59.3 Å². The molecule has 0 aliphatic carbocycles. The first-order valence-corrected chi connectivity index (χ1v) is 9.66. The van der Waals surface area contributed by atoms with Gasteiger partial charge in [-0.1, -0.05) is 0 Å². The van der Waals surface area contributed by atoms with Gasteiger partial charge >= 0.3 is 0 Å². The van der Waals surface area contributed by atoms with Crippen molar-refractivity contribution in [3.8, 4) is 5.82 Å². The number of hydrogen-bond donors (Lipinski definition) is 0. The summed E-state index contributed by atoms with van der Waals surface area (Å²) in [7, 11) is 0. The van der Waals surface area contributed by atoms with Crippen molar-refractivity contribution >= 4 is 11.3 Å². The number of piperidine rings is 1. The molecule has 5 heterocycles. The van der Waals surface area contributed by atoms with Crippen LogP contribution in [0, 0.1) is 12.8 Å². The smallest absolute Gasteiger partial charge is 0.266 e. The summed E-state index contributed by atoms with van der Waals surface area (Å²) >= 11 is 0. The predicted octanol–water partition coefficient (Wildman–Crippen LogP) is 1.09. The van der Waals surface area contributed by atoms with Crippen LogP contribution in [0.3, 0.4) is 0 Å². The highest BCUT2D eigenvalue weighted by atomic mass is 16.1. The van der Waals surface area contributed by atoms with E-state index in [2.05, 4.69) is 36.2 Å². The van der Waals surface area contributed by atoms with Crippen molar-refractivity contribution in [2.45, 2.75) is 26.3 Å². The van der Waals surface area contributed by atoms with Gasteiger partial charge in [0.05, 0.1) is 5.69 Å². The second kappa shape index (κ2) is 7.12. The van der Waals surface area contributed by atoms with E-state index in [0.717, 1.165) is 43.0 Å². The van der Waals surface area contributed by atoms with Crippen molar-refractivity contribution in [1.82, 2.24) is 39.1 Å². The molecule has 0 amide bonds. The van der Waals surface area contributed by atoms with Crippen molar-refractivity contribution in [2.75, 3.05) is 18.0 Å². The molecule has 10 nitrogen and oxygen atoms in total. The number of nitrogens with zero attached hydrogens (tertiary/aromatic N) is 9. The van der Waals surface area contributed by atoms with Crippen LogP contribution in [0.2, 0.25) is 0 Å². The number of aryl methyl sites for hydroxylation is 1. The molecule has 0 N–H and O–H groups in total. The van der Waals surface area contributed by atoms with Crippen molar-refractivity contribution in [3.63, 3.8) is 0 Å². The van der Waals surface area contributed by atoms with Crippen LogP contribution < -0.4 is 10.5 Å². The monoisotopic (exact) mass is 391 g/mol. The largest absolute Gasteiger partial charge is 0.355 e. The molecular formula is C19H21N9O. The van der Waals surface area contributed by atoms with Gasteiger partial charge in [0.15, 0.2) is 11.6 Å². The zero-order chi connectivity index (χ0) is 19.8. The molecule has 1 aliphatic rings. The third-order valence-corrected chi connectivity index (χ3v) is 5.34. The molecule has 0 spiro atoms. The van der Waals surface area contributed by atoms with E-state index in [1.54, 1.807) is 23.3 Å². The minimum atomic E-state index is -0.0996. The van der Waals surface area contributed by atoms with E-state index in [4.69, 9.17) is 0 Å². The average Bonchev–Trinajstić information content (AvgIpc) is 3.39. The number of anilines is 1. The molecule has 5 rings (SSSR count). The summed E-state index contributed by atoms with van der Waals surface area (Å²) in [5, 5.41) is 13.0. The summed E-state index contributed by atoms with van der Waals surface area (Å²) in [4.78, 5) is 23.1. The lowest BCUT2D eigenvalue weighted by Crippen LogP contribution is -2.37. The second-order valence-corrected chi connectivity index (χ2v) is 7.35. The molecule has 0 saturated carbocycles. The van der Waals surface area contributed by atoms with Crippen molar-refractivity contribution in [2.24, 2.45) is 5.92 Å². The second-order valence-electron chi connectivity index (χ2n) is 7.35. The first-order chi connectivity index (χ1) is 14.2.